The number of guanidine groups is 1. The van der Waals surface area contributed by atoms with Gasteiger partial charge in [-0.05, 0) is 37.8 Å². The summed E-state index contributed by atoms with van der Waals surface area (Å²) in [5.41, 5.74) is 2.40. The van der Waals surface area contributed by atoms with Crippen molar-refractivity contribution < 1.29 is 14.2 Å². The third kappa shape index (κ3) is 6.59. The molecule has 0 amide bonds. The van der Waals surface area contributed by atoms with Gasteiger partial charge in [-0.1, -0.05) is 36.4 Å². The number of rotatable bonds is 10. The van der Waals surface area contributed by atoms with Gasteiger partial charge in [-0.25, -0.2) is 0 Å². The molecule has 2 N–H and O–H groups in total. The Kier molecular flexibility index (Phi) is 9.15. The van der Waals surface area contributed by atoms with Crippen LogP contribution in [0, 0.1) is 0 Å². The summed E-state index contributed by atoms with van der Waals surface area (Å²) < 4.78 is 16.4. The van der Waals surface area contributed by atoms with Gasteiger partial charge >= 0.3 is 0 Å². The molecule has 0 bridgehead atoms. The molecular formula is C23H33N3O3. The standard InChI is InChI=1S/C23H33N3O3/c1-17(11-12-18-9-7-6-8-10-18)26-23(24-2)25-16-15-19-13-14-20(27-3)22(29-5)21(19)28-4/h6-10,13-14,17H,11-12,15-16H2,1-5H3,(H2,24,25,26). The zero-order valence-corrected chi connectivity index (χ0v) is 18.1. The third-order valence-corrected chi connectivity index (χ3v) is 4.79. The van der Waals surface area contributed by atoms with Gasteiger partial charge in [0.25, 0.3) is 0 Å². The van der Waals surface area contributed by atoms with E-state index in [2.05, 4.69) is 46.8 Å². The van der Waals surface area contributed by atoms with Gasteiger partial charge < -0.3 is 24.8 Å². The SMILES string of the molecule is CN=C(NCCc1ccc(OC)c(OC)c1OC)NC(C)CCc1ccccc1. The van der Waals surface area contributed by atoms with Gasteiger partial charge in [0, 0.05) is 25.2 Å². The van der Waals surface area contributed by atoms with Crippen LogP contribution >= 0.6 is 0 Å². The first-order valence-corrected chi connectivity index (χ1v) is 9.91. The number of hydrogen-bond donors (Lipinski definition) is 2. The minimum Gasteiger partial charge on any atom is -0.493 e. The molecule has 1 unspecified atom stereocenters. The van der Waals surface area contributed by atoms with E-state index < -0.39 is 0 Å². The molecule has 6 nitrogen and oxygen atoms in total. The fraction of sp³-hybridized carbons (Fsp3) is 0.435. The molecule has 2 aromatic carbocycles. The van der Waals surface area contributed by atoms with Gasteiger partial charge in [-0.3, -0.25) is 4.99 Å². The Labute approximate surface area is 174 Å². The first kappa shape index (κ1) is 22.4. The van der Waals surface area contributed by atoms with E-state index >= 15 is 0 Å². The quantitative estimate of drug-likeness (QED) is 0.473. The Morgan fingerprint density at radius 1 is 0.931 bits per heavy atom. The predicted octanol–water partition coefficient (Wildman–Crippen LogP) is 3.44. The highest BCUT2D eigenvalue weighted by molar-refractivity contribution is 5.79. The molecule has 0 radical (unpaired) electrons. The number of benzene rings is 2. The molecule has 158 valence electrons. The Morgan fingerprint density at radius 3 is 2.28 bits per heavy atom. The molecule has 0 heterocycles. The third-order valence-electron chi connectivity index (χ3n) is 4.79. The normalized spacial score (nSPS) is 12.2. The zero-order chi connectivity index (χ0) is 21.1. The highest BCUT2D eigenvalue weighted by Crippen LogP contribution is 2.39. The first-order valence-electron chi connectivity index (χ1n) is 9.91. The van der Waals surface area contributed by atoms with Crippen LogP contribution in [0.25, 0.3) is 0 Å². The second-order valence-corrected chi connectivity index (χ2v) is 6.81. The lowest BCUT2D eigenvalue weighted by atomic mass is 10.1. The zero-order valence-electron chi connectivity index (χ0n) is 18.1. The lowest BCUT2D eigenvalue weighted by Gasteiger charge is -2.19. The van der Waals surface area contributed by atoms with Crippen LogP contribution in [0.5, 0.6) is 17.2 Å². The fourth-order valence-corrected chi connectivity index (χ4v) is 3.20. The summed E-state index contributed by atoms with van der Waals surface area (Å²) in [6, 6.07) is 14.7. The van der Waals surface area contributed by atoms with Gasteiger partial charge in [0.1, 0.15) is 0 Å². The minimum atomic E-state index is 0.317. The van der Waals surface area contributed by atoms with Gasteiger partial charge in [0.05, 0.1) is 21.3 Å². The molecule has 6 heteroatoms. The van der Waals surface area contributed by atoms with Crippen molar-refractivity contribution in [1.29, 1.82) is 0 Å². The molecule has 0 saturated carbocycles. The lowest BCUT2D eigenvalue weighted by molar-refractivity contribution is 0.322. The molecule has 2 rings (SSSR count). The number of aliphatic imine (C=N–C) groups is 1. The van der Waals surface area contributed by atoms with E-state index in [9.17, 15) is 0 Å². The molecule has 0 aromatic heterocycles. The van der Waals surface area contributed by atoms with E-state index in [1.54, 1.807) is 28.4 Å². The van der Waals surface area contributed by atoms with Crippen molar-refractivity contribution in [3.05, 3.63) is 53.6 Å². The number of ether oxygens (including phenoxy) is 3. The smallest absolute Gasteiger partial charge is 0.203 e. The van der Waals surface area contributed by atoms with Crippen LogP contribution in [0.15, 0.2) is 47.5 Å². The molecule has 29 heavy (non-hydrogen) atoms. The fourth-order valence-electron chi connectivity index (χ4n) is 3.20. The van der Waals surface area contributed by atoms with Crippen LogP contribution in [0.4, 0.5) is 0 Å². The largest absolute Gasteiger partial charge is 0.493 e. The van der Waals surface area contributed by atoms with E-state index in [-0.39, 0.29) is 0 Å². The molecule has 0 spiro atoms. The number of hydrogen-bond acceptors (Lipinski definition) is 4. The summed E-state index contributed by atoms with van der Waals surface area (Å²) in [7, 11) is 6.66. The topological polar surface area (TPSA) is 64.1 Å². The molecule has 0 aliphatic heterocycles. The van der Waals surface area contributed by atoms with E-state index in [0.717, 1.165) is 37.3 Å². The Morgan fingerprint density at radius 2 is 1.66 bits per heavy atom. The summed E-state index contributed by atoms with van der Waals surface area (Å²) in [4.78, 5) is 4.34. The molecule has 2 aromatic rings. The van der Waals surface area contributed by atoms with Gasteiger partial charge in [0.2, 0.25) is 5.75 Å². The Balaban J connectivity index is 1.86. The average molecular weight is 400 g/mol. The first-order chi connectivity index (χ1) is 14.1. The van der Waals surface area contributed by atoms with Crippen LogP contribution < -0.4 is 24.8 Å². The van der Waals surface area contributed by atoms with Crippen LogP contribution in [-0.4, -0.2) is 46.9 Å². The summed E-state index contributed by atoms with van der Waals surface area (Å²) >= 11 is 0. The van der Waals surface area contributed by atoms with Crippen LogP contribution in [0.3, 0.4) is 0 Å². The van der Waals surface area contributed by atoms with Crippen LogP contribution in [-0.2, 0) is 12.8 Å². The van der Waals surface area contributed by atoms with Gasteiger partial charge in [-0.15, -0.1) is 0 Å². The Hall–Kier alpha value is -2.89. The van der Waals surface area contributed by atoms with Crippen molar-refractivity contribution in [3.8, 4) is 17.2 Å². The average Bonchev–Trinajstić information content (AvgIpc) is 2.76. The summed E-state index contributed by atoms with van der Waals surface area (Å²) in [6.07, 6.45) is 2.84. The molecular weight excluding hydrogens is 366 g/mol. The highest BCUT2D eigenvalue weighted by atomic mass is 16.5. The number of nitrogens with one attached hydrogen (secondary N) is 2. The van der Waals surface area contributed by atoms with E-state index in [0.29, 0.717) is 23.3 Å². The number of nitrogens with zero attached hydrogens (tertiary/aromatic N) is 1. The van der Waals surface area contributed by atoms with Crippen molar-refractivity contribution >= 4 is 5.96 Å². The van der Waals surface area contributed by atoms with Crippen molar-refractivity contribution in [1.82, 2.24) is 10.6 Å². The monoisotopic (exact) mass is 399 g/mol. The van der Waals surface area contributed by atoms with E-state index in [1.807, 2.05) is 18.2 Å². The van der Waals surface area contributed by atoms with Crippen LogP contribution in [0.2, 0.25) is 0 Å². The summed E-state index contributed by atoms with van der Waals surface area (Å²) in [5.74, 6) is 2.77. The molecule has 0 aliphatic carbocycles. The second-order valence-electron chi connectivity index (χ2n) is 6.81. The van der Waals surface area contributed by atoms with Crippen LogP contribution in [0.1, 0.15) is 24.5 Å². The van der Waals surface area contributed by atoms with Crippen molar-refractivity contribution in [2.75, 3.05) is 34.9 Å². The number of methoxy groups -OCH3 is 3. The van der Waals surface area contributed by atoms with E-state index in [1.165, 1.54) is 5.56 Å². The highest BCUT2D eigenvalue weighted by Gasteiger charge is 2.15. The lowest BCUT2D eigenvalue weighted by Crippen LogP contribution is -2.43. The number of aryl methyl sites for hydroxylation is 1. The maximum atomic E-state index is 5.55. The minimum absolute atomic E-state index is 0.317. The maximum absolute atomic E-state index is 5.55. The molecule has 1 atom stereocenters. The maximum Gasteiger partial charge on any atom is 0.203 e. The van der Waals surface area contributed by atoms with E-state index in [4.69, 9.17) is 14.2 Å². The van der Waals surface area contributed by atoms with Crippen molar-refractivity contribution in [3.63, 3.8) is 0 Å². The van der Waals surface area contributed by atoms with Crippen molar-refractivity contribution in [2.24, 2.45) is 4.99 Å². The van der Waals surface area contributed by atoms with Gasteiger partial charge in [0.15, 0.2) is 17.5 Å². The summed E-state index contributed by atoms with van der Waals surface area (Å²) in [5, 5.41) is 6.83. The van der Waals surface area contributed by atoms with Gasteiger partial charge in [-0.2, -0.15) is 0 Å². The second kappa shape index (κ2) is 11.8. The Bertz CT molecular complexity index is 778. The molecule has 0 saturated heterocycles. The summed E-state index contributed by atoms with van der Waals surface area (Å²) in [6.45, 7) is 2.89. The van der Waals surface area contributed by atoms with Crippen molar-refractivity contribution in [2.45, 2.75) is 32.2 Å². The molecule has 0 fully saturated rings. The molecule has 0 aliphatic rings. The predicted molar refractivity (Wildman–Crippen MR) is 119 cm³/mol.